The SMILES string of the molecule is COc1cc(OC)c2c(c1)C(Cc1ccccc1)NCC2. The quantitative estimate of drug-likeness (QED) is 0.935. The zero-order valence-corrected chi connectivity index (χ0v) is 12.6. The predicted octanol–water partition coefficient (Wildman–Crippen LogP) is 3.13. The molecule has 3 nitrogen and oxygen atoms in total. The van der Waals surface area contributed by atoms with Crippen LogP contribution in [0.2, 0.25) is 0 Å². The first kappa shape index (κ1) is 14.0. The monoisotopic (exact) mass is 283 g/mol. The van der Waals surface area contributed by atoms with Crippen LogP contribution in [0.3, 0.4) is 0 Å². The number of fused-ring (bicyclic) bond motifs is 1. The van der Waals surface area contributed by atoms with E-state index >= 15 is 0 Å². The van der Waals surface area contributed by atoms with Crippen molar-refractivity contribution in [3.05, 3.63) is 59.2 Å². The minimum atomic E-state index is 0.306. The van der Waals surface area contributed by atoms with E-state index in [-0.39, 0.29) is 0 Å². The molecular weight excluding hydrogens is 262 g/mol. The first-order valence-corrected chi connectivity index (χ1v) is 7.34. The summed E-state index contributed by atoms with van der Waals surface area (Å²) in [5.74, 6) is 1.79. The largest absolute Gasteiger partial charge is 0.497 e. The molecule has 2 aromatic carbocycles. The molecule has 21 heavy (non-hydrogen) atoms. The Morgan fingerprint density at radius 1 is 1.10 bits per heavy atom. The van der Waals surface area contributed by atoms with Crippen molar-refractivity contribution >= 4 is 0 Å². The number of methoxy groups -OCH3 is 2. The highest BCUT2D eigenvalue weighted by molar-refractivity contribution is 5.49. The average molecular weight is 283 g/mol. The number of benzene rings is 2. The fourth-order valence-corrected chi connectivity index (χ4v) is 3.03. The molecule has 0 bridgehead atoms. The zero-order valence-electron chi connectivity index (χ0n) is 12.6. The molecule has 0 aromatic heterocycles. The molecule has 0 radical (unpaired) electrons. The van der Waals surface area contributed by atoms with Crippen LogP contribution in [0.4, 0.5) is 0 Å². The Balaban J connectivity index is 1.96. The molecule has 2 aromatic rings. The standard InChI is InChI=1S/C18H21NO2/c1-20-14-11-16-15(18(12-14)21-2)8-9-19-17(16)10-13-6-4-3-5-7-13/h3-7,11-12,17,19H,8-10H2,1-2H3. The molecule has 0 aliphatic carbocycles. The average Bonchev–Trinajstić information content (AvgIpc) is 2.55. The first-order chi connectivity index (χ1) is 10.3. The van der Waals surface area contributed by atoms with Crippen molar-refractivity contribution in [1.82, 2.24) is 5.32 Å². The normalized spacial score (nSPS) is 17.1. The molecule has 1 N–H and O–H groups in total. The van der Waals surface area contributed by atoms with E-state index in [0.717, 1.165) is 30.9 Å². The molecule has 3 rings (SSSR count). The molecule has 1 unspecified atom stereocenters. The highest BCUT2D eigenvalue weighted by Crippen LogP contribution is 2.36. The van der Waals surface area contributed by atoms with Crippen molar-refractivity contribution in [3.8, 4) is 11.5 Å². The van der Waals surface area contributed by atoms with E-state index in [1.807, 2.05) is 6.07 Å². The maximum Gasteiger partial charge on any atom is 0.126 e. The molecule has 0 spiro atoms. The van der Waals surface area contributed by atoms with E-state index in [4.69, 9.17) is 9.47 Å². The summed E-state index contributed by atoms with van der Waals surface area (Å²) in [6.45, 7) is 0.979. The lowest BCUT2D eigenvalue weighted by Crippen LogP contribution is -2.31. The van der Waals surface area contributed by atoms with Crippen LogP contribution in [-0.2, 0) is 12.8 Å². The van der Waals surface area contributed by atoms with Crippen LogP contribution in [0.25, 0.3) is 0 Å². The number of hydrogen-bond donors (Lipinski definition) is 1. The van der Waals surface area contributed by atoms with Gasteiger partial charge >= 0.3 is 0 Å². The van der Waals surface area contributed by atoms with E-state index in [1.54, 1.807) is 14.2 Å². The third-order valence-corrected chi connectivity index (χ3v) is 4.10. The van der Waals surface area contributed by atoms with E-state index in [2.05, 4.69) is 41.7 Å². The Morgan fingerprint density at radius 3 is 2.62 bits per heavy atom. The van der Waals surface area contributed by atoms with Gasteiger partial charge in [0.25, 0.3) is 0 Å². The lowest BCUT2D eigenvalue weighted by Gasteiger charge is -2.29. The van der Waals surface area contributed by atoms with Gasteiger partial charge in [0, 0.05) is 17.7 Å². The van der Waals surface area contributed by atoms with Crippen molar-refractivity contribution in [2.45, 2.75) is 18.9 Å². The Hall–Kier alpha value is -2.00. The minimum absolute atomic E-state index is 0.306. The third-order valence-electron chi connectivity index (χ3n) is 4.10. The van der Waals surface area contributed by atoms with Gasteiger partial charge in [-0.25, -0.2) is 0 Å². The summed E-state index contributed by atoms with van der Waals surface area (Å²) < 4.78 is 11.0. The van der Waals surface area contributed by atoms with Gasteiger partial charge in [0.1, 0.15) is 11.5 Å². The van der Waals surface area contributed by atoms with Crippen LogP contribution in [0, 0.1) is 0 Å². The van der Waals surface area contributed by atoms with Crippen LogP contribution in [0.1, 0.15) is 22.7 Å². The second-order valence-electron chi connectivity index (χ2n) is 5.34. The lowest BCUT2D eigenvalue weighted by atomic mass is 9.89. The Bertz CT molecular complexity index is 610. The van der Waals surface area contributed by atoms with Crippen LogP contribution >= 0.6 is 0 Å². The van der Waals surface area contributed by atoms with Gasteiger partial charge in [-0.1, -0.05) is 30.3 Å². The van der Waals surface area contributed by atoms with Gasteiger partial charge in [-0.15, -0.1) is 0 Å². The highest BCUT2D eigenvalue weighted by Gasteiger charge is 2.23. The zero-order chi connectivity index (χ0) is 14.7. The Labute approximate surface area is 125 Å². The van der Waals surface area contributed by atoms with Gasteiger partial charge in [-0.2, -0.15) is 0 Å². The molecule has 110 valence electrons. The number of nitrogens with one attached hydrogen (secondary N) is 1. The molecule has 0 fully saturated rings. The van der Waals surface area contributed by atoms with Crippen molar-refractivity contribution < 1.29 is 9.47 Å². The van der Waals surface area contributed by atoms with Crippen LogP contribution < -0.4 is 14.8 Å². The number of rotatable bonds is 4. The maximum absolute atomic E-state index is 5.55. The topological polar surface area (TPSA) is 30.5 Å². The predicted molar refractivity (Wildman–Crippen MR) is 84.1 cm³/mol. The smallest absolute Gasteiger partial charge is 0.126 e. The Morgan fingerprint density at radius 2 is 1.90 bits per heavy atom. The molecule has 1 heterocycles. The van der Waals surface area contributed by atoms with Gasteiger partial charge in [0.2, 0.25) is 0 Å². The lowest BCUT2D eigenvalue weighted by molar-refractivity contribution is 0.382. The molecule has 0 amide bonds. The summed E-state index contributed by atoms with van der Waals surface area (Å²) >= 11 is 0. The van der Waals surface area contributed by atoms with Crippen molar-refractivity contribution in [3.63, 3.8) is 0 Å². The minimum Gasteiger partial charge on any atom is -0.497 e. The second kappa shape index (κ2) is 6.19. The van der Waals surface area contributed by atoms with Crippen molar-refractivity contribution in [1.29, 1.82) is 0 Å². The van der Waals surface area contributed by atoms with E-state index in [0.29, 0.717) is 6.04 Å². The van der Waals surface area contributed by atoms with Crippen LogP contribution in [-0.4, -0.2) is 20.8 Å². The van der Waals surface area contributed by atoms with Gasteiger partial charge in [-0.05, 0) is 36.6 Å². The summed E-state index contributed by atoms with van der Waals surface area (Å²) in [4.78, 5) is 0. The fraction of sp³-hybridized carbons (Fsp3) is 0.333. The van der Waals surface area contributed by atoms with Gasteiger partial charge in [-0.3, -0.25) is 0 Å². The molecule has 1 aliphatic heterocycles. The number of ether oxygens (including phenoxy) is 2. The second-order valence-corrected chi connectivity index (χ2v) is 5.34. The molecule has 1 aliphatic rings. The molecule has 0 saturated carbocycles. The molecule has 1 atom stereocenters. The Kier molecular flexibility index (Phi) is 4.11. The van der Waals surface area contributed by atoms with Crippen LogP contribution in [0.5, 0.6) is 11.5 Å². The number of hydrogen-bond acceptors (Lipinski definition) is 3. The fourth-order valence-electron chi connectivity index (χ4n) is 3.03. The third kappa shape index (κ3) is 2.88. The van der Waals surface area contributed by atoms with Crippen molar-refractivity contribution in [2.24, 2.45) is 0 Å². The maximum atomic E-state index is 5.55. The first-order valence-electron chi connectivity index (χ1n) is 7.34. The summed E-state index contributed by atoms with van der Waals surface area (Å²) in [7, 11) is 3.42. The van der Waals surface area contributed by atoms with E-state index in [9.17, 15) is 0 Å². The van der Waals surface area contributed by atoms with E-state index < -0.39 is 0 Å². The van der Waals surface area contributed by atoms with Gasteiger partial charge < -0.3 is 14.8 Å². The summed E-state index contributed by atoms with van der Waals surface area (Å²) in [6.07, 6.45) is 1.97. The van der Waals surface area contributed by atoms with Gasteiger partial charge in [0.05, 0.1) is 14.2 Å². The summed E-state index contributed by atoms with van der Waals surface area (Å²) in [5, 5.41) is 3.62. The summed E-state index contributed by atoms with van der Waals surface area (Å²) in [5.41, 5.74) is 3.93. The molecular formula is C18H21NO2. The van der Waals surface area contributed by atoms with E-state index in [1.165, 1.54) is 16.7 Å². The van der Waals surface area contributed by atoms with Crippen LogP contribution in [0.15, 0.2) is 42.5 Å². The van der Waals surface area contributed by atoms with Gasteiger partial charge in [0.15, 0.2) is 0 Å². The van der Waals surface area contributed by atoms with Crippen molar-refractivity contribution in [2.75, 3.05) is 20.8 Å². The highest BCUT2D eigenvalue weighted by atomic mass is 16.5. The molecule has 0 saturated heterocycles. The summed E-state index contributed by atoms with van der Waals surface area (Å²) in [6, 6.07) is 15.0. The molecule has 3 heteroatoms.